The molecule has 0 radical (unpaired) electrons. The fraction of sp³-hybridized carbons (Fsp3) is 0.625. The zero-order valence-corrected chi connectivity index (χ0v) is 8.46. The van der Waals surface area contributed by atoms with E-state index in [-0.39, 0.29) is 0 Å². The molecule has 4 heteroatoms. The average molecular weight is 183 g/mol. The Morgan fingerprint density at radius 3 is 2.92 bits per heavy atom. The molecule has 66 valence electrons. The zero-order valence-electron chi connectivity index (χ0n) is 7.46. The molecular weight excluding hydrogens is 169 g/mol. The van der Waals surface area contributed by atoms with Crippen molar-refractivity contribution < 1.29 is 0 Å². The third kappa shape index (κ3) is 1.04. The lowest BCUT2D eigenvalue weighted by molar-refractivity contribution is 0.548. The van der Waals surface area contributed by atoms with Gasteiger partial charge in [0.15, 0.2) is 0 Å². The maximum absolute atomic E-state index is 7.87. The Balaban J connectivity index is 2.55. The molecule has 1 aliphatic rings. The van der Waals surface area contributed by atoms with Crippen molar-refractivity contribution in [2.45, 2.75) is 32.3 Å². The van der Waals surface area contributed by atoms with Crippen LogP contribution >= 0.6 is 8.58 Å². The third-order valence-corrected chi connectivity index (χ3v) is 3.42. The van der Waals surface area contributed by atoms with Crippen molar-refractivity contribution in [1.82, 2.24) is 9.13 Å². The summed E-state index contributed by atoms with van der Waals surface area (Å²) in [5.74, 6) is 0. The Kier molecular flexibility index (Phi) is 1.84. The summed E-state index contributed by atoms with van der Waals surface area (Å²) in [5, 5.41) is 7.87. The summed E-state index contributed by atoms with van der Waals surface area (Å²) >= 11 is 0. The van der Waals surface area contributed by atoms with E-state index in [1.165, 1.54) is 11.9 Å². The van der Waals surface area contributed by atoms with E-state index in [2.05, 4.69) is 24.6 Å². The molecule has 1 aliphatic heterocycles. The lowest BCUT2D eigenvalue weighted by atomic mass is 10.4. The summed E-state index contributed by atoms with van der Waals surface area (Å²) in [6.45, 7) is 4.24. The van der Waals surface area contributed by atoms with Gasteiger partial charge in [0.05, 0.1) is 0 Å². The van der Waals surface area contributed by atoms with Crippen LogP contribution in [0.15, 0.2) is 6.20 Å². The van der Waals surface area contributed by atoms with Crippen molar-refractivity contribution in [3.05, 3.63) is 17.5 Å². The normalized spacial score (nSPS) is 17.6. The van der Waals surface area contributed by atoms with Crippen LogP contribution in [0.2, 0.25) is 0 Å². The number of fused-ring (bicyclic) bond motifs is 1. The number of imidazole rings is 1. The van der Waals surface area contributed by atoms with Crippen LogP contribution in [-0.4, -0.2) is 9.13 Å². The molecule has 3 nitrogen and oxygen atoms in total. The van der Waals surface area contributed by atoms with E-state index in [1.54, 1.807) is 0 Å². The summed E-state index contributed by atoms with van der Waals surface area (Å²) in [6, 6.07) is 0.416. The highest BCUT2D eigenvalue weighted by Gasteiger charge is 2.14. The largest absolute Gasteiger partial charge is 0.315 e. The van der Waals surface area contributed by atoms with Gasteiger partial charge < -0.3 is 9.13 Å². The maximum Gasteiger partial charge on any atom is 0.202 e. The van der Waals surface area contributed by atoms with Crippen molar-refractivity contribution in [2.75, 3.05) is 0 Å². The summed E-state index contributed by atoms with van der Waals surface area (Å²) in [4.78, 5) is 0. The maximum atomic E-state index is 7.87. The van der Waals surface area contributed by atoms with Gasteiger partial charge in [-0.1, -0.05) is 8.58 Å². The van der Waals surface area contributed by atoms with Gasteiger partial charge in [-0.05, 0) is 13.8 Å². The minimum absolute atomic E-state index is 0.416. The highest BCUT2D eigenvalue weighted by molar-refractivity contribution is 7.36. The monoisotopic (exact) mass is 183 g/mol. The lowest BCUT2D eigenvalue weighted by Crippen LogP contribution is -2.24. The summed E-state index contributed by atoms with van der Waals surface area (Å²) in [5.41, 5.74) is 2.01. The lowest BCUT2D eigenvalue weighted by Gasteiger charge is -2.05. The number of hydrogen-bond acceptors (Lipinski definition) is 1. The molecule has 0 aliphatic carbocycles. The predicted molar refractivity (Wildman–Crippen MR) is 50.7 cm³/mol. The van der Waals surface area contributed by atoms with E-state index in [0.717, 1.165) is 14.9 Å². The molecule has 0 spiro atoms. The van der Waals surface area contributed by atoms with Crippen LogP contribution in [0.4, 0.5) is 0 Å². The predicted octanol–water partition coefficient (Wildman–Crippen LogP) is 1.50. The second-order valence-corrected chi connectivity index (χ2v) is 4.63. The fourth-order valence-electron chi connectivity index (χ4n) is 1.57. The topological polar surface area (TPSA) is 33.7 Å². The molecule has 0 saturated carbocycles. The molecule has 0 saturated heterocycles. The fourth-order valence-corrected chi connectivity index (χ4v) is 2.80. The first-order chi connectivity index (χ1) is 5.70. The minimum atomic E-state index is 0.416. The van der Waals surface area contributed by atoms with Gasteiger partial charge in [-0.2, -0.15) is 0 Å². The van der Waals surface area contributed by atoms with Gasteiger partial charge in [0.1, 0.15) is 0 Å². The standard InChI is InChI=1S/C8H14N3P/c1-6(2)10-3-7-4-12-5-11(7)8(10)9/h3,6,9,12H,4-5H2,1-2H3. The molecule has 0 amide bonds. The second-order valence-electron chi connectivity index (χ2n) is 3.46. The van der Waals surface area contributed by atoms with Gasteiger partial charge in [0.25, 0.3) is 0 Å². The zero-order chi connectivity index (χ0) is 8.72. The van der Waals surface area contributed by atoms with E-state index in [0.29, 0.717) is 11.7 Å². The molecule has 1 aromatic heterocycles. The SMILES string of the molecule is CC(C)n1cc2n(c1=N)CPC2. The molecule has 12 heavy (non-hydrogen) atoms. The minimum Gasteiger partial charge on any atom is -0.315 e. The molecule has 1 aromatic rings. The molecule has 0 bridgehead atoms. The summed E-state index contributed by atoms with van der Waals surface area (Å²) in [6.07, 6.45) is 4.37. The van der Waals surface area contributed by atoms with Crippen molar-refractivity contribution in [1.29, 1.82) is 5.41 Å². The smallest absolute Gasteiger partial charge is 0.202 e. The average Bonchev–Trinajstić information content (AvgIpc) is 2.53. The van der Waals surface area contributed by atoms with Gasteiger partial charge >= 0.3 is 0 Å². The van der Waals surface area contributed by atoms with Crippen LogP contribution in [0.1, 0.15) is 25.6 Å². The molecule has 1 unspecified atom stereocenters. The molecule has 2 rings (SSSR count). The van der Waals surface area contributed by atoms with Gasteiger partial charge in [0.2, 0.25) is 5.62 Å². The van der Waals surface area contributed by atoms with E-state index >= 15 is 0 Å². The van der Waals surface area contributed by atoms with Crippen LogP contribution in [0, 0.1) is 5.41 Å². The quantitative estimate of drug-likeness (QED) is 0.640. The van der Waals surface area contributed by atoms with Crippen LogP contribution in [-0.2, 0) is 12.4 Å². The Morgan fingerprint density at radius 2 is 2.33 bits per heavy atom. The molecule has 0 aromatic carbocycles. The van der Waals surface area contributed by atoms with Crippen molar-refractivity contribution in [3.63, 3.8) is 0 Å². The van der Waals surface area contributed by atoms with E-state index in [1.807, 2.05) is 4.57 Å². The highest BCUT2D eigenvalue weighted by Crippen LogP contribution is 2.27. The Hall–Kier alpha value is -0.560. The Bertz CT molecular complexity index is 348. The first kappa shape index (κ1) is 8.06. The second kappa shape index (κ2) is 2.74. The first-order valence-corrected chi connectivity index (χ1v) is 5.67. The molecule has 0 fully saturated rings. The number of rotatable bonds is 1. The number of nitrogens with one attached hydrogen (secondary N) is 1. The van der Waals surface area contributed by atoms with E-state index < -0.39 is 0 Å². The summed E-state index contributed by atoms with van der Waals surface area (Å²) < 4.78 is 4.16. The summed E-state index contributed by atoms with van der Waals surface area (Å²) in [7, 11) is 0.987. The van der Waals surface area contributed by atoms with E-state index in [9.17, 15) is 0 Å². The molecule has 1 atom stereocenters. The number of aromatic nitrogens is 2. The van der Waals surface area contributed by atoms with Crippen molar-refractivity contribution in [2.24, 2.45) is 0 Å². The van der Waals surface area contributed by atoms with Crippen LogP contribution in [0.25, 0.3) is 0 Å². The van der Waals surface area contributed by atoms with Gasteiger partial charge in [-0.15, -0.1) is 0 Å². The number of hydrogen-bond donors (Lipinski definition) is 1. The highest BCUT2D eigenvalue weighted by atomic mass is 31.1. The van der Waals surface area contributed by atoms with Crippen LogP contribution in [0.3, 0.4) is 0 Å². The first-order valence-electron chi connectivity index (χ1n) is 4.26. The Morgan fingerprint density at radius 1 is 1.58 bits per heavy atom. The molecule has 1 N–H and O–H groups in total. The van der Waals surface area contributed by atoms with Gasteiger partial charge in [-0.3, -0.25) is 5.41 Å². The molecular formula is C8H14N3P. The molecule has 2 heterocycles. The van der Waals surface area contributed by atoms with Crippen molar-refractivity contribution in [3.8, 4) is 0 Å². The van der Waals surface area contributed by atoms with Crippen LogP contribution < -0.4 is 5.62 Å². The van der Waals surface area contributed by atoms with Crippen molar-refractivity contribution >= 4 is 8.58 Å². The Labute approximate surface area is 73.7 Å². The number of nitrogens with zero attached hydrogens (tertiary/aromatic N) is 2. The van der Waals surface area contributed by atoms with Gasteiger partial charge in [-0.25, -0.2) is 0 Å². The van der Waals surface area contributed by atoms with E-state index in [4.69, 9.17) is 5.41 Å². The van der Waals surface area contributed by atoms with Gasteiger partial charge in [0, 0.05) is 30.4 Å². The van der Waals surface area contributed by atoms with Crippen LogP contribution in [0.5, 0.6) is 0 Å². The third-order valence-electron chi connectivity index (χ3n) is 2.27.